The summed E-state index contributed by atoms with van der Waals surface area (Å²) in [5.41, 5.74) is 1.58. The van der Waals surface area contributed by atoms with Crippen molar-refractivity contribution in [3.8, 4) is 0 Å². The Bertz CT molecular complexity index is 539. The minimum absolute atomic E-state index is 0.0561. The molecule has 23 heavy (non-hydrogen) atoms. The SMILES string of the molecule is CCC(C)NC(=O)c1cccc(CNC(=O)C2CCCNC2)c1. The van der Waals surface area contributed by atoms with Crippen LogP contribution in [0.25, 0.3) is 0 Å². The van der Waals surface area contributed by atoms with Crippen molar-refractivity contribution in [3.05, 3.63) is 35.4 Å². The van der Waals surface area contributed by atoms with Gasteiger partial charge >= 0.3 is 0 Å². The van der Waals surface area contributed by atoms with Crippen LogP contribution in [0.5, 0.6) is 0 Å². The van der Waals surface area contributed by atoms with Crippen molar-refractivity contribution >= 4 is 11.8 Å². The fourth-order valence-electron chi connectivity index (χ4n) is 2.64. The van der Waals surface area contributed by atoms with Gasteiger partial charge in [0.25, 0.3) is 5.91 Å². The number of benzene rings is 1. The first-order chi connectivity index (χ1) is 11.1. The topological polar surface area (TPSA) is 70.2 Å². The number of nitrogens with one attached hydrogen (secondary N) is 3. The Balaban J connectivity index is 1.89. The van der Waals surface area contributed by atoms with Crippen LogP contribution in [0.1, 0.15) is 49.0 Å². The van der Waals surface area contributed by atoms with Crippen LogP contribution in [0.3, 0.4) is 0 Å². The van der Waals surface area contributed by atoms with Crippen LogP contribution in [0, 0.1) is 5.92 Å². The molecule has 2 unspecified atom stereocenters. The number of carbonyl (C=O) groups excluding carboxylic acids is 2. The number of amides is 2. The van der Waals surface area contributed by atoms with Gasteiger partial charge in [0, 0.05) is 24.7 Å². The summed E-state index contributed by atoms with van der Waals surface area (Å²) in [4.78, 5) is 24.3. The molecule has 5 heteroatoms. The van der Waals surface area contributed by atoms with Gasteiger partial charge in [0.15, 0.2) is 0 Å². The summed E-state index contributed by atoms with van der Waals surface area (Å²) in [7, 11) is 0. The third-order valence-electron chi connectivity index (χ3n) is 4.31. The van der Waals surface area contributed by atoms with Gasteiger partial charge in [-0.15, -0.1) is 0 Å². The van der Waals surface area contributed by atoms with Crippen LogP contribution in [-0.2, 0) is 11.3 Å². The Kier molecular flexibility index (Phi) is 6.59. The normalized spacial score (nSPS) is 19.0. The Labute approximate surface area is 138 Å². The molecule has 1 saturated heterocycles. The summed E-state index contributed by atoms with van der Waals surface area (Å²) in [5.74, 6) is 0.0799. The maximum atomic E-state index is 12.1. The van der Waals surface area contributed by atoms with Crippen LogP contribution in [0.15, 0.2) is 24.3 Å². The van der Waals surface area contributed by atoms with Gasteiger partial charge in [0.2, 0.25) is 5.91 Å². The molecule has 1 aromatic carbocycles. The van der Waals surface area contributed by atoms with Crippen LogP contribution >= 0.6 is 0 Å². The molecular formula is C18H27N3O2. The molecule has 1 aromatic rings. The van der Waals surface area contributed by atoms with Crippen molar-refractivity contribution in [2.75, 3.05) is 13.1 Å². The highest BCUT2D eigenvalue weighted by atomic mass is 16.2. The molecule has 5 nitrogen and oxygen atoms in total. The molecule has 2 rings (SSSR count). The van der Waals surface area contributed by atoms with Crippen LogP contribution in [0.4, 0.5) is 0 Å². The maximum Gasteiger partial charge on any atom is 0.251 e. The molecule has 1 aliphatic rings. The zero-order valence-corrected chi connectivity index (χ0v) is 14.0. The highest BCUT2D eigenvalue weighted by Crippen LogP contribution is 2.11. The Morgan fingerprint density at radius 3 is 2.91 bits per heavy atom. The Hall–Kier alpha value is -1.88. The largest absolute Gasteiger partial charge is 0.352 e. The van der Waals surface area contributed by atoms with Gasteiger partial charge in [0.05, 0.1) is 5.92 Å². The van der Waals surface area contributed by atoms with E-state index in [1.807, 2.05) is 32.0 Å². The van der Waals surface area contributed by atoms with E-state index in [0.717, 1.165) is 37.9 Å². The summed E-state index contributed by atoms with van der Waals surface area (Å²) in [6.45, 7) is 6.23. The second-order valence-corrected chi connectivity index (χ2v) is 6.24. The van der Waals surface area contributed by atoms with Crippen molar-refractivity contribution in [1.29, 1.82) is 0 Å². The number of carbonyl (C=O) groups is 2. The molecule has 1 heterocycles. The lowest BCUT2D eigenvalue weighted by Crippen LogP contribution is -2.40. The molecule has 0 saturated carbocycles. The molecule has 2 atom stereocenters. The number of rotatable bonds is 6. The Morgan fingerprint density at radius 1 is 1.39 bits per heavy atom. The third-order valence-corrected chi connectivity index (χ3v) is 4.31. The molecule has 0 radical (unpaired) electrons. The minimum Gasteiger partial charge on any atom is -0.352 e. The second kappa shape index (κ2) is 8.67. The van der Waals surface area contributed by atoms with E-state index in [0.29, 0.717) is 12.1 Å². The second-order valence-electron chi connectivity index (χ2n) is 6.24. The smallest absolute Gasteiger partial charge is 0.251 e. The van der Waals surface area contributed by atoms with E-state index in [1.54, 1.807) is 6.07 Å². The van der Waals surface area contributed by atoms with Crippen molar-refractivity contribution < 1.29 is 9.59 Å². The van der Waals surface area contributed by atoms with Crippen molar-refractivity contribution in [2.45, 2.75) is 45.7 Å². The first-order valence-corrected chi connectivity index (χ1v) is 8.48. The summed E-state index contributed by atoms with van der Waals surface area (Å²) < 4.78 is 0. The van der Waals surface area contributed by atoms with Gasteiger partial charge in [-0.3, -0.25) is 9.59 Å². The lowest BCUT2D eigenvalue weighted by molar-refractivity contribution is -0.125. The van der Waals surface area contributed by atoms with Crippen molar-refractivity contribution in [2.24, 2.45) is 5.92 Å². The number of hydrogen-bond donors (Lipinski definition) is 3. The van der Waals surface area contributed by atoms with E-state index in [4.69, 9.17) is 0 Å². The monoisotopic (exact) mass is 317 g/mol. The lowest BCUT2D eigenvalue weighted by atomic mass is 9.99. The lowest BCUT2D eigenvalue weighted by Gasteiger charge is -2.22. The highest BCUT2D eigenvalue weighted by Gasteiger charge is 2.20. The quantitative estimate of drug-likeness (QED) is 0.750. The third kappa shape index (κ3) is 5.36. The zero-order valence-electron chi connectivity index (χ0n) is 14.0. The fourth-order valence-corrected chi connectivity index (χ4v) is 2.64. The predicted octanol–water partition coefficient (Wildman–Crippen LogP) is 1.83. The van der Waals surface area contributed by atoms with Crippen LogP contribution in [-0.4, -0.2) is 30.9 Å². The molecule has 0 bridgehead atoms. The molecular weight excluding hydrogens is 290 g/mol. The fraction of sp³-hybridized carbons (Fsp3) is 0.556. The average molecular weight is 317 g/mol. The average Bonchev–Trinajstić information content (AvgIpc) is 2.60. The Morgan fingerprint density at radius 2 is 2.22 bits per heavy atom. The van der Waals surface area contributed by atoms with E-state index < -0.39 is 0 Å². The van der Waals surface area contributed by atoms with Gasteiger partial charge in [-0.2, -0.15) is 0 Å². The van der Waals surface area contributed by atoms with E-state index in [9.17, 15) is 9.59 Å². The zero-order chi connectivity index (χ0) is 16.7. The van der Waals surface area contributed by atoms with Crippen LogP contribution < -0.4 is 16.0 Å². The van der Waals surface area contributed by atoms with Gasteiger partial charge in [-0.25, -0.2) is 0 Å². The summed E-state index contributed by atoms with van der Waals surface area (Å²) in [5, 5.41) is 9.18. The molecule has 126 valence electrons. The van der Waals surface area contributed by atoms with E-state index >= 15 is 0 Å². The molecule has 1 fully saturated rings. The van der Waals surface area contributed by atoms with Crippen molar-refractivity contribution in [1.82, 2.24) is 16.0 Å². The highest BCUT2D eigenvalue weighted by molar-refractivity contribution is 5.94. The molecule has 3 N–H and O–H groups in total. The molecule has 2 amide bonds. The molecule has 0 aliphatic carbocycles. The predicted molar refractivity (Wildman–Crippen MR) is 91.1 cm³/mol. The van der Waals surface area contributed by atoms with Gasteiger partial charge in [-0.1, -0.05) is 19.1 Å². The molecule has 0 aromatic heterocycles. The van der Waals surface area contributed by atoms with E-state index in [-0.39, 0.29) is 23.8 Å². The first kappa shape index (κ1) is 17.5. The minimum atomic E-state index is -0.0657. The van der Waals surface area contributed by atoms with Gasteiger partial charge < -0.3 is 16.0 Å². The summed E-state index contributed by atoms with van der Waals surface area (Å²) in [6, 6.07) is 7.59. The summed E-state index contributed by atoms with van der Waals surface area (Å²) in [6.07, 6.45) is 2.89. The number of piperidine rings is 1. The van der Waals surface area contributed by atoms with Gasteiger partial charge in [0.1, 0.15) is 0 Å². The number of hydrogen-bond acceptors (Lipinski definition) is 3. The van der Waals surface area contributed by atoms with E-state index in [1.165, 1.54) is 0 Å². The van der Waals surface area contributed by atoms with Crippen LogP contribution in [0.2, 0.25) is 0 Å². The molecule has 1 aliphatic heterocycles. The van der Waals surface area contributed by atoms with Gasteiger partial charge in [-0.05, 0) is 50.4 Å². The molecule has 0 spiro atoms. The van der Waals surface area contributed by atoms with Crippen molar-refractivity contribution in [3.63, 3.8) is 0 Å². The maximum absolute atomic E-state index is 12.1. The summed E-state index contributed by atoms with van der Waals surface area (Å²) >= 11 is 0. The van der Waals surface area contributed by atoms with E-state index in [2.05, 4.69) is 16.0 Å². The standard InChI is InChI=1S/C18H27N3O2/c1-3-13(2)21-18(23)15-7-4-6-14(10-15)11-20-17(22)16-8-5-9-19-12-16/h4,6-7,10,13,16,19H,3,5,8-9,11-12H2,1-2H3,(H,20,22)(H,21,23). The first-order valence-electron chi connectivity index (χ1n) is 8.48.